The number of nitrogens with zero attached hydrogens (tertiary/aromatic N) is 2. The lowest BCUT2D eigenvalue weighted by Gasteiger charge is -2.09. The van der Waals surface area contributed by atoms with E-state index in [1.54, 1.807) is 0 Å². The van der Waals surface area contributed by atoms with Gasteiger partial charge in [-0.05, 0) is 31.4 Å². The molecule has 1 aromatic carbocycles. The van der Waals surface area contributed by atoms with Crippen LogP contribution in [0.25, 0.3) is 6.08 Å². The van der Waals surface area contributed by atoms with Crippen molar-refractivity contribution in [2.75, 3.05) is 12.3 Å². The van der Waals surface area contributed by atoms with Gasteiger partial charge in [0.25, 0.3) is 0 Å². The molecule has 0 saturated heterocycles. The first-order valence-corrected chi connectivity index (χ1v) is 7.22. The van der Waals surface area contributed by atoms with E-state index in [2.05, 4.69) is 22.1 Å². The van der Waals surface area contributed by atoms with Crippen LogP contribution in [-0.4, -0.2) is 16.6 Å². The van der Waals surface area contributed by atoms with E-state index in [1.807, 2.05) is 37.3 Å². The molecule has 4 nitrogen and oxygen atoms in total. The summed E-state index contributed by atoms with van der Waals surface area (Å²) in [6.07, 6.45) is 6.30. The Morgan fingerprint density at radius 2 is 2.00 bits per heavy atom. The van der Waals surface area contributed by atoms with Crippen LogP contribution < -0.4 is 10.5 Å². The largest absolute Gasteiger partial charge is 0.473 e. The van der Waals surface area contributed by atoms with Gasteiger partial charge in [0.2, 0.25) is 5.88 Å². The van der Waals surface area contributed by atoms with E-state index < -0.39 is 0 Å². The zero-order chi connectivity index (χ0) is 14.7. The van der Waals surface area contributed by atoms with Crippen LogP contribution >= 0.6 is 0 Å². The topological polar surface area (TPSA) is 61.0 Å². The molecular formula is C17H19N3O. The molecule has 21 heavy (non-hydrogen) atoms. The van der Waals surface area contributed by atoms with E-state index in [9.17, 15) is 0 Å². The quantitative estimate of drug-likeness (QED) is 0.913. The summed E-state index contributed by atoms with van der Waals surface area (Å²) in [5, 5.41) is 0. The number of ether oxygens (including phenoxy) is 1. The number of nitrogens with two attached hydrogens (primary N) is 1. The highest BCUT2D eigenvalue weighted by Crippen LogP contribution is 2.39. The lowest BCUT2D eigenvalue weighted by molar-refractivity contribution is 0.344. The molecule has 0 bridgehead atoms. The fourth-order valence-electron chi connectivity index (χ4n) is 2.07. The van der Waals surface area contributed by atoms with Crippen LogP contribution in [0.1, 0.15) is 35.7 Å². The van der Waals surface area contributed by atoms with Crippen molar-refractivity contribution in [2.45, 2.75) is 25.7 Å². The second-order valence-electron chi connectivity index (χ2n) is 5.30. The Balaban J connectivity index is 1.66. The predicted octanol–water partition coefficient (Wildman–Crippen LogP) is 3.34. The fraction of sp³-hybridized carbons (Fsp3) is 0.294. The Hall–Kier alpha value is -2.36. The van der Waals surface area contributed by atoms with Crippen molar-refractivity contribution in [2.24, 2.45) is 0 Å². The lowest BCUT2D eigenvalue weighted by atomic mass is 10.2. The van der Waals surface area contributed by atoms with Gasteiger partial charge in [-0.1, -0.05) is 36.4 Å². The summed E-state index contributed by atoms with van der Waals surface area (Å²) in [6, 6.07) is 10.1. The van der Waals surface area contributed by atoms with Gasteiger partial charge in [0.15, 0.2) is 0 Å². The standard InChI is InChI=1S/C17H19N3O/c1-12-15(18)19-16(14-9-10-14)20-17(12)21-11-5-8-13-6-3-2-4-7-13/h2-8,14H,9-11H2,1H3,(H2,18,19,20)/b8-5+. The number of anilines is 1. The van der Waals surface area contributed by atoms with E-state index in [0.717, 1.165) is 29.8 Å². The Labute approximate surface area is 124 Å². The molecule has 0 atom stereocenters. The van der Waals surface area contributed by atoms with E-state index in [0.29, 0.717) is 24.2 Å². The van der Waals surface area contributed by atoms with Crippen LogP contribution in [0.5, 0.6) is 5.88 Å². The second kappa shape index (κ2) is 5.95. The van der Waals surface area contributed by atoms with Crippen LogP contribution in [0, 0.1) is 6.92 Å². The summed E-state index contributed by atoms with van der Waals surface area (Å²) < 4.78 is 5.74. The molecule has 0 aliphatic heterocycles. The van der Waals surface area contributed by atoms with Gasteiger partial charge >= 0.3 is 0 Å². The minimum absolute atomic E-state index is 0.468. The Bertz CT molecular complexity index is 649. The maximum absolute atomic E-state index is 5.93. The number of aromatic nitrogens is 2. The molecule has 0 radical (unpaired) electrons. The first-order chi connectivity index (χ1) is 10.2. The molecule has 0 amide bonds. The molecule has 1 fully saturated rings. The highest BCUT2D eigenvalue weighted by atomic mass is 16.5. The van der Waals surface area contributed by atoms with Gasteiger partial charge in [0, 0.05) is 5.92 Å². The molecule has 3 rings (SSSR count). The maximum atomic E-state index is 5.93. The van der Waals surface area contributed by atoms with Crippen molar-refractivity contribution < 1.29 is 4.74 Å². The van der Waals surface area contributed by atoms with Gasteiger partial charge in [-0.25, -0.2) is 4.98 Å². The van der Waals surface area contributed by atoms with Crippen molar-refractivity contribution in [3.63, 3.8) is 0 Å². The highest BCUT2D eigenvalue weighted by molar-refractivity contribution is 5.49. The Morgan fingerprint density at radius 3 is 2.71 bits per heavy atom. The van der Waals surface area contributed by atoms with Crippen molar-refractivity contribution in [1.29, 1.82) is 0 Å². The van der Waals surface area contributed by atoms with E-state index in [4.69, 9.17) is 10.5 Å². The molecule has 2 N–H and O–H groups in total. The molecule has 0 spiro atoms. The monoisotopic (exact) mass is 281 g/mol. The van der Waals surface area contributed by atoms with E-state index in [-0.39, 0.29) is 0 Å². The average molecular weight is 281 g/mol. The number of rotatable bonds is 5. The van der Waals surface area contributed by atoms with Gasteiger partial charge < -0.3 is 10.5 Å². The van der Waals surface area contributed by atoms with Crippen LogP contribution in [0.4, 0.5) is 5.82 Å². The SMILES string of the molecule is Cc1c(N)nc(C2CC2)nc1OC/C=C/c1ccccc1. The summed E-state index contributed by atoms with van der Waals surface area (Å²) in [5.41, 5.74) is 7.90. The second-order valence-corrected chi connectivity index (χ2v) is 5.30. The fourth-order valence-corrected chi connectivity index (χ4v) is 2.07. The van der Waals surface area contributed by atoms with Crippen LogP contribution in [0.3, 0.4) is 0 Å². The number of benzene rings is 1. The van der Waals surface area contributed by atoms with Gasteiger partial charge in [-0.15, -0.1) is 0 Å². The van der Waals surface area contributed by atoms with Gasteiger partial charge in [-0.3, -0.25) is 0 Å². The zero-order valence-corrected chi connectivity index (χ0v) is 12.1. The van der Waals surface area contributed by atoms with Gasteiger partial charge in [0.05, 0.1) is 5.56 Å². The zero-order valence-electron chi connectivity index (χ0n) is 12.1. The molecule has 4 heteroatoms. The normalized spacial score (nSPS) is 14.5. The molecule has 108 valence electrons. The lowest BCUT2D eigenvalue weighted by Crippen LogP contribution is -2.06. The summed E-state index contributed by atoms with van der Waals surface area (Å²) in [4.78, 5) is 8.83. The summed E-state index contributed by atoms with van der Waals surface area (Å²) in [7, 11) is 0. The highest BCUT2D eigenvalue weighted by Gasteiger charge is 2.28. The first kappa shape index (κ1) is 13.6. The van der Waals surface area contributed by atoms with E-state index in [1.165, 1.54) is 0 Å². The number of hydrogen-bond donors (Lipinski definition) is 1. The van der Waals surface area contributed by atoms with Crippen molar-refractivity contribution in [1.82, 2.24) is 9.97 Å². The molecule has 1 aromatic heterocycles. The molecule has 1 aliphatic rings. The van der Waals surface area contributed by atoms with Crippen LogP contribution in [-0.2, 0) is 0 Å². The minimum Gasteiger partial charge on any atom is -0.473 e. The van der Waals surface area contributed by atoms with Crippen molar-refractivity contribution in [3.05, 3.63) is 53.4 Å². The average Bonchev–Trinajstić information content (AvgIpc) is 3.33. The Morgan fingerprint density at radius 1 is 1.24 bits per heavy atom. The molecule has 1 saturated carbocycles. The Kier molecular flexibility index (Phi) is 3.86. The molecular weight excluding hydrogens is 262 g/mol. The van der Waals surface area contributed by atoms with E-state index >= 15 is 0 Å². The third-order valence-electron chi connectivity index (χ3n) is 3.52. The molecule has 1 aliphatic carbocycles. The van der Waals surface area contributed by atoms with Crippen LogP contribution in [0.2, 0.25) is 0 Å². The number of hydrogen-bond acceptors (Lipinski definition) is 4. The summed E-state index contributed by atoms with van der Waals surface area (Å²) >= 11 is 0. The van der Waals surface area contributed by atoms with Gasteiger partial charge in [0.1, 0.15) is 18.2 Å². The molecule has 1 heterocycles. The van der Waals surface area contributed by atoms with Crippen molar-refractivity contribution in [3.8, 4) is 5.88 Å². The molecule has 0 unspecified atom stereocenters. The maximum Gasteiger partial charge on any atom is 0.222 e. The predicted molar refractivity (Wildman–Crippen MR) is 84.1 cm³/mol. The minimum atomic E-state index is 0.468. The number of nitrogen functional groups attached to an aromatic ring is 1. The molecule has 2 aromatic rings. The first-order valence-electron chi connectivity index (χ1n) is 7.22. The summed E-state index contributed by atoms with van der Waals surface area (Å²) in [6.45, 7) is 2.36. The third kappa shape index (κ3) is 3.40. The smallest absolute Gasteiger partial charge is 0.222 e. The third-order valence-corrected chi connectivity index (χ3v) is 3.52. The van der Waals surface area contributed by atoms with Crippen molar-refractivity contribution >= 4 is 11.9 Å². The summed E-state index contributed by atoms with van der Waals surface area (Å²) in [5.74, 6) is 2.41. The van der Waals surface area contributed by atoms with Gasteiger partial charge in [-0.2, -0.15) is 4.98 Å². The van der Waals surface area contributed by atoms with Crippen LogP contribution in [0.15, 0.2) is 36.4 Å².